The van der Waals surface area contributed by atoms with E-state index in [9.17, 15) is 30.3 Å². The second-order valence-corrected chi connectivity index (χ2v) is 12.9. The summed E-state index contributed by atoms with van der Waals surface area (Å²) in [6.07, 6.45) is 4.06. The summed E-state index contributed by atoms with van der Waals surface area (Å²) in [5.74, 6) is -0.264. The molecule has 3 fully saturated rings. The first kappa shape index (κ1) is 28.7. The van der Waals surface area contributed by atoms with Gasteiger partial charge >= 0.3 is 0 Å². The summed E-state index contributed by atoms with van der Waals surface area (Å²) in [5.41, 5.74) is -2.01. The number of carbonyl (C=O) groups is 1. The van der Waals surface area contributed by atoms with Crippen LogP contribution in [0.2, 0.25) is 0 Å². The van der Waals surface area contributed by atoms with Gasteiger partial charge in [0.05, 0.1) is 29.5 Å². The zero-order chi connectivity index (χ0) is 24.6. The molecule has 5 N–H and O–H groups in total. The van der Waals surface area contributed by atoms with Crippen LogP contribution in [0.15, 0.2) is 11.6 Å². The molecule has 192 valence electrons. The molecule has 0 aromatic rings. The van der Waals surface area contributed by atoms with Crippen LogP contribution >= 0.6 is 0 Å². The topological polar surface area (TPSA) is 118 Å². The summed E-state index contributed by atoms with van der Waals surface area (Å²) in [6, 6.07) is 0. The third-order valence-electron chi connectivity index (χ3n) is 10.5. The number of hydrogen-bond donors (Lipinski definition) is 5. The van der Waals surface area contributed by atoms with Gasteiger partial charge in [0, 0.05) is 38.6 Å². The Morgan fingerprint density at radius 1 is 1.12 bits per heavy atom. The Morgan fingerprint density at radius 2 is 1.76 bits per heavy atom. The molecular formula is C27H44O6Pb. The zero-order valence-electron chi connectivity index (χ0n) is 21.4. The van der Waals surface area contributed by atoms with Crippen LogP contribution in [0.5, 0.6) is 0 Å². The zero-order valence-corrected chi connectivity index (χ0v) is 25.3. The Morgan fingerprint density at radius 3 is 2.38 bits per heavy atom. The Bertz CT molecular complexity index is 822. The molecule has 0 heterocycles. The monoisotopic (exact) mass is 672 g/mol. The minimum absolute atomic E-state index is 0. The van der Waals surface area contributed by atoms with E-state index >= 15 is 0 Å². The predicted molar refractivity (Wildman–Crippen MR) is 131 cm³/mol. The number of carbonyl (C=O) groups excluding carboxylic acids is 1. The molecule has 4 radical (unpaired) electrons. The van der Waals surface area contributed by atoms with E-state index in [1.165, 1.54) is 0 Å². The first-order valence-corrected chi connectivity index (χ1v) is 12.9. The van der Waals surface area contributed by atoms with Crippen molar-refractivity contribution in [2.24, 2.45) is 34.5 Å². The van der Waals surface area contributed by atoms with Gasteiger partial charge in [-0.2, -0.15) is 0 Å². The van der Waals surface area contributed by atoms with E-state index in [1.807, 2.05) is 0 Å². The number of ketones is 1. The first-order chi connectivity index (χ1) is 15.1. The normalized spacial score (nSPS) is 45.9. The van der Waals surface area contributed by atoms with Gasteiger partial charge < -0.3 is 25.5 Å². The number of fused-ring (bicyclic) bond motifs is 5. The van der Waals surface area contributed by atoms with Crippen LogP contribution in [0.3, 0.4) is 0 Å². The van der Waals surface area contributed by atoms with E-state index in [1.54, 1.807) is 19.9 Å². The van der Waals surface area contributed by atoms with Crippen LogP contribution in [-0.4, -0.2) is 88.1 Å². The summed E-state index contributed by atoms with van der Waals surface area (Å²) in [7, 11) is 0. The molecule has 3 saturated carbocycles. The molecule has 0 aliphatic heterocycles. The molecule has 0 saturated heterocycles. The average Bonchev–Trinajstić information content (AvgIpc) is 2.99. The van der Waals surface area contributed by atoms with E-state index in [0.717, 1.165) is 24.8 Å². The van der Waals surface area contributed by atoms with Gasteiger partial charge in [-0.15, -0.1) is 0 Å². The van der Waals surface area contributed by atoms with E-state index in [-0.39, 0.29) is 63.2 Å². The van der Waals surface area contributed by atoms with Crippen molar-refractivity contribution >= 4 is 33.1 Å². The van der Waals surface area contributed by atoms with Gasteiger partial charge in [-0.1, -0.05) is 20.8 Å². The summed E-state index contributed by atoms with van der Waals surface area (Å²) in [5, 5.41) is 53.9. The molecule has 0 spiro atoms. The molecule has 4 aliphatic rings. The predicted octanol–water partition coefficient (Wildman–Crippen LogP) is 2.36. The van der Waals surface area contributed by atoms with Crippen molar-refractivity contribution in [3.63, 3.8) is 0 Å². The van der Waals surface area contributed by atoms with Gasteiger partial charge in [0.15, 0.2) is 5.78 Å². The van der Waals surface area contributed by atoms with Crippen molar-refractivity contribution in [2.45, 2.75) is 115 Å². The molecule has 0 aromatic heterocycles. The van der Waals surface area contributed by atoms with E-state index in [2.05, 4.69) is 20.8 Å². The second kappa shape index (κ2) is 9.46. The van der Waals surface area contributed by atoms with E-state index in [0.29, 0.717) is 25.7 Å². The van der Waals surface area contributed by atoms with Gasteiger partial charge in [-0.05, 0) is 100 Å². The van der Waals surface area contributed by atoms with Crippen molar-refractivity contribution in [1.29, 1.82) is 0 Å². The van der Waals surface area contributed by atoms with E-state index in [4.69, 9.17) is 0 Å². The molecule has 4 aliphatic carbocycles. The maximum atomic E-state index is 13.2. The smallest absolute Gasteiger partial charge is 0.159 e. The Labute approximate surface area is 224 Å². The number of hydrogen-bond acceptors (Lipinski definition) is 6. The Balaban J connectivity index is 0.00000324. The van der Waals surface area contributed by atoms with Gasteiger partial charge in [-0.25, -0.2) is 0 Å². The molecule has 34 heavy (non-hydrogen) atoms. The third kappa shape index (κ3) is 4.40. The average molecular weight is 672 g/mol. The molecular weight excluding hydrogens is 627 g/mol. The van der Waals surface area contributed by atoms with Crippen LogP contribution in [0, 0.1) is 34.5 Å². The third-order valence-corrected chi connectivity index (χ3v) is 10.5. The minimum atomic E-state index is -1.10. The van der Waals surface area contributed by atoms with Gasteiger partial charge in [-0.3, -0.25) is 4.79 Å². The van der Waals surface area contributed by atoms with Crippen molar-refractivity contribution in [3.05, 3.63) is 11.6 Å². The van der Waals surface area contributed by atoms with E-state index < -0.39 is 40.3 Å². The Kier molecular flexibility index (Phi) is 7.99. The first-order valence-electron chi connectivity index (χ1n) is 12.9. The van der Waals surface area contributed by atoms with Gasteiger partial charge in [0.25, 0.3) is 0 Å². The van der Waals surface area contributed by atoms with Crippen molar-refractivity contribution in [1.82, 2.24) is 0 Å². The summed E-state index contributed by atoms with van der Waals surface area (Å²) < 4.78 is 0. The SMILES string of the molecule is C[C@H](C(O)CCC(C)(C)O)[C@H]1CC[C@@]2(O)C3=CC(=O)[C@@H]4C[C@@H](O)[C@@H](O)C[C@]4(C)[C@@H]3CC[C@]12C.[Pb]. The Hall–Kier alpha value is 0.132. The molecule has 4 rings (SSSR count). The minimum Gasteiger partial charge on any atom is -0.393 e. The molecule has 7 heteroatoms. The molecule has 6 nitrogen and oxygen atoms in total. The van der Waals surface area contributed by atoms with Crippen molar-refractivity contribution in [3.8, 4) is 0 Å². The number of rotatable bonds is 5. The van der Waals surface area contributed by atoms with Gasteiger partial charge in [0.2, 0.25) is 0 Å². The van der Waals surface area contributed by atoms with Crippen LogP contribution in [-0.2, 0) is 4.79 Å². The second-order valence-electron chi connectivity index (χ2n) is 12.9. The number of allylic oxidation sites excluding steroid dienone is 1. The summed E-state index contributed by atoms with van der Waals surface area (Å²) in [4.78, 5) is 13.2. The summed E-state index contributed by atoms with van der Waals surface area (Å²) in [6.45, 7) is 9.74. The van der Waals surface area contributed by atoms with Crippen LogP contribution in [0.4, 0.5) is 0 Å². The maximum absolute atomic E-state index is 13.2. The molecule has 0 amide bonds. The van der Waals surface area contributed by atoms with Crippen LogP contribution < -0.4 is 0 Å². The standard InChI is InChI=1S/C27H44O6.Pb/c1-15(20(28)8-9-24(2,3)32)16-7-11-27(33)18-12-21(29)19-13-22(30)23(31)14-25(19,4)17(18)6-10-26(16,27)5;/h12,15-17,19-20,22-23,28,30-33H,6-11,13-14H2,1-5H3;/t15-,16+,17+,19-,20?,22+,23-,25+,26+,27+;/m0./s1. The largest absolute Gasteiger partial charge is 0.393 e. The number of aliphatic hydroxyl groups is 5. The quantitative estimate of drug-likeness (QED) is 0.287. The summed E-state index contributed by atoms with van der Waals surface area (Å²) >= 11 is 0. The molecule has 0 bridgehead atoms. The number of aliphatic hydroxyl groups excluding tert-OH is 3. The van der Waals surface area contributed by atoms with Crippen molar-refractivity contribution in [2.75, 3.05) is 0 Å². The molecule has 1 unspecified atom stereocenters. The van der Waals surface area contributed by atoms with Crippen LogP contribution in [0.1, 0.15) is 86.0 Å². The molecule has 10 atom stereocenters. The molecule has 0 aromatic carbocycles. The maximum Gasteiger partial charge on any atom is 0.159 e. The fraction of sp³-hybridized carbons (Fsp3) is 0.889. The van der Waals surface area contributed by atoms with Crippen molar-refractivity contribution < 1.29 is 30.3 Å². The van der Waals surface area contributed by atoms with Crippen LogP contribution in [0.25, 0.3) is 0 Å². The fourth-order valence-corrected chi connectivity index (χ4v) is 8.29. The fourth-order valence-electron chi connectivity index (χ4n) is 8.29. The van der Waals surface area contributed by atoms with Gasteiger partial charge in [0.1, 0.15) is 0 Å².